The Hall–Kier alpha value is -0.820. The summed E-state index contributed by atoms with van der Waals surface area (Å²) in [6, 6.07) is 9.22. The topological polar surface area (TPSA) is 26.0 Å². The van der Waals surface area contributed by atoms with Gasteiger partial charge in [0.15, 0.2) is 0 Å². The summed E-state index contributed by atoms with van der Waals surface area (Å²) < 4.78 is 0. The molecule has 0 amide bonds. The van der Waals surface area contributed by atoms with Crippen LogP contribution in [0.3, 0.4) is 0 Å². The molecule has 0 saturated heterocycles. The normalized spacial score (nSPS) is 26.9. The molecule has 0 radical (unpaired) electrons. The quantitative estimate of drug-likeness (QED) is 0.843. The lowest BCUT2D eigenvalue weighted by Crippen LogP contribution is -2.33. The zero-order chi connectivity index (χ0) is 14.5. The summed E-state index contributed by atoms with van der Waals surface area (Å²) in [6.07, 6.45) is 6.43. The zero-order valence-electron chi connectivity index (χ0n) is 13.4. The van der Waals surface area contributed by atoms with E-state index in [4.69, 9.17) is 5.73 Å². The van der Waals surface area contributed by atoms with Crippen molar-refractivity contribution in [3.8, 4) is 0 Å². The summed E-state index contributed by atoms with van der Waals surface area (Å²) in [7, 11) is 0. The fraction of sp³-hybridized carbons (Fsp3) is 0.684. The van der Waals surface area contributed by atoms with Crippen molar-refractivity contribution in [3.63, 3.8) is 0 Å². The molecule has 1 fully saturated rings. The van der Waals surface area contributed by atoms with Crippen molar-refractivity contribution < 1.29 is 0 Å². The molecular formula is C19H31N. The fourth-order valence-corrected chi connectivity index (χ4v) is 3.74. The monoisotopic (exact) mass is 273 g/mol. The van der Waals surface area contributed by atoms with E-state index in [1.807, 2.05) is 0 Å². The molecule has 0 aromatic heterocycles. The Morgan fingerprint density at radius 3 is 2.25 bits per heavy atom. The molecule has 1 nitrogen and oxygen atoms in total. The van der Waals surface area contributed by atoms with Crippen LogP contribution in [0.25, 0.3) is 0 Å². The highest BCUT2D eigenvalue weighted by atomic mass is 14.6. The lowest BCUT2D eigenvalue weighted by molar-refractivity contribution is 0.151. The summed E-state index contributed by atoms with van der Waals surface area (Å²) in [6.45, 7) is 7.83. The minimum absolute atomic E-state index is 0.732. The van der Waals surface area contributed by atoms with Crippen LogP contribution in [0.1, 0.15) is 51.2 Å². The minimum Gasteiger partial charge on any atom is -0.330 e. The van der Waals surface area contributed by atoms with E-state index in [9.17, 15) is 0 Å². The van der Waals surface area contributed by atoms with Gasteiger partial charge in [-0.05, 0) is 73.4 Å². The van der Waals surface area contributed by atoms with Crippen LogP contribution in [0, 0.1) is 23.7 Å². The van der Waals surface area contributed by atoms with Gasteiger partial charge in [0, 0.05) is 0 Å². The average molecular weight is 273 g/mol. The lowest BCUT2D eigenvalue weighted by Gasteiger charge is -2.37. The molecule has 1 aromatic rings. The number of aryl methyl sites for hydroxylation is 1. The summed E-state index contributed by atoms with van der Waals surface area (Å²) in [5.41, 5.74) is 8.95. The van der Waals surface area contributed by atoms with Crippen LogP contribution in [0.5, 0.6) is 0 Å². The molecule has 1 aliphatic carbocycles. The maximum absolute atomic E-state index is 6.01. The van der Waals surface area contributed by atoms with Crippen molar-refractivity contribution >= 4 is 0 Å². The Balaban J connectivity index is 2.02. The van der Waals surface area contributed by atoms with Gasteiger partial charge in [-0.3, -0.25) is 0 Å². The molecule has 2 N–H and O–H groups in total. The number of hydrogen-bond acceptors (Lipinski definition) is 1. The van der Waals surface area contributed by atoms with Crippen LogP contribution in [-0.4, -0.2) is 6.54 Å². The van der Waals surface area contributed by atoms with Crippen molar-refractivity contribution in [2.24, 2.45) is 29.4 Å². The van der Waals surface area contributed by atoms with E-state index in [1.165, 1.54) is 36.8 Å². The van der Waals surface area contributed by atoms with Gasteiger partial charge in [-0.2, -0.15) is 0 Å². The summed E-state index contributed by atoms with van der Waals surface area (Å²) in [4.78, 5) is 0. The Bertz CT molecular complexity index is 393. The van der Waals surface area contributed by atoms with Gasteiger partial charge in [0.25, 0.3) is 0 Å². The Morgan fingerprint density at radius 1 is 1.05 bits per heavy atom. The molecule has 20 heavy (non-hydrogen) atoms. The first-order valence-electron chi connectivity index (χ1n) is 8.41. The Morgan fingerprint density at radius 2 is 1.70 bits per heavy atom. The van der Waals surface area contributed by atoms with E-state index in [1.54, 1.807) is 0 Å². The zero-order valence-corrected chi connectivity index (χ0v) is 13.4. The first kappa shape index (κ1) is 15.6. The van der Waals surface area contributed by atoms with Gasteiger partial charge in [-0.1, -0.05) is 45.0 Å². The van der Waals surface area contributed by atoms with Gasteiger partial charge >= 0.3 is 0 Å². The van der Waals surface area contributed by atoms with E-state index in [0.29, 0.717) is 0 Å². The van der Waals surface area contributed by atoms with Gasteiger partial charge < -0.3 is 5.73 Å². The van der Waals surface area contributed by atoms with Gasteiger partial charge in [0.05, 0.1) is 0 Å². The molecule has 0 heterocycles. The van der Waals surface area contributed by atoms with Crippen LogP contribution >= 0.6 is 0 Å². The maximum Gasteiger partial charge on any atom is -0.00461 e. The predicted molar refractivity (Wildman–Crippen MR) is 87.7 cm³/mol. The molecule has 1 saturated carbocycles. The first-order valence-corrected chi connectivity index (χ1v) is 8.41. The molecule has 1 aromatic carbocycles. The minimum atomic E-state index is 0.732. The molecule has 2 rings (SSSR count). The summed E-state index contributed by atoms with van der Waals surface area (Å²) in [5, 5.41) is 0. The van der Waals surface area contributed by atoms with Crippen LogP contribution in [-0.2, 0) is 12.8 Å². The van der Waals surface area contributed by atoms with Crippen molar-refractivity contribution in [2.45, 2.75) is 52.9 Å². The van der Waals surface area contributed by atoms with Crippen molar-refractivity contribution in [3.05, 3.63) is 35.4 Å². The number of nitrogens with two attached hydrogens (primary N) is 1. The van der Waals surface area contributed by atoms with Gasteiger partial charge in [0.2, 0.25) is 0 Å². The number of rotatable bonds is 5. The molecule has 0 bridgehead atoms. The number of benzene rings is 1. The second-order valence-corrected chi connectivity index (χ2v) is 6.95. The highest BCUT2D eigenvalue weighted by Gasteiger charge is 2.30. The van der Waals surface area contributed by atoms with Crippen molar-refractivity contribution in [1.82, 2.24) is 0 Å². The maximum atomic E-state index is 6.01. The third-order valence-electron chi connectivity index (χ3n) is 5.36. The van der Waals surface area contributed by atoms with Crippen LogP contribution < -0.4 is 5.73 Å². The van der Waals surface area contributed by atoms with E-state index >= 15 is 0 Å². The van der Waals surface area contributed by atoms with Crippen molar-refractivity contribution in [1.29, 1.82) is 0 Å². The Kier molecular flexibility index (Phi) is 5.65. The van der Waals surface area contributed by atoms with Crippen LogP contribution in [0.15, 0.2) is 24.3 Å². The first-order chi connectivity index (χ1) is 9.63. The highest BCUT2D eigenvalue weighted by Crippen LogP contribution is 2.38. The molecule has 0 aliphatic heterocycles. The second kappa shape index (κ2) is 7.26. The van der Waals surface area contributed by atoms with E-state index in [0.717, 1.165) is 36.6 Å². The molecule has 1 aliphatic rings. The van der Waals surface area contributed by atoms with E-state index in [-0.39, 0.29) is 0 Å². The third kappa shape index (κ3) is 3.85. The largest absolute Gasteiger partial charge is 0.330 e. The highest BCUT2D eigenvalue weighted by molar-refractivity contribution is 5.23. The van der Waals surface area contributed by atoms with Gasteiger partial charge in [-0.15, -0.1) is 0 Å². The SMILES string of the molecule is CCc1ccc(CC2CC(C(C)C)CCC2CN)cc1. The molecule has 112 valence electrons. The molecule has 3 unspecified atom stereocenters. The smallest absolute Gasteiger partial charge is 0.00461 e. The van der Waals surface area contributed by atoms with Gasteiger partial charge in [-0.25, -0.2) is 0 Å². The van der Waals surface area contributed by atoms with Crippen LogP contribution in [0.4, 0.5) is 0 Å². The van der Waals surface area contributed by atoms with Crippen LogP contribution in [0.2, 0.25) is 0 Å². The predicted octanol–water partition coefficient (Wildman–Crippen LogP) is 4.44. The molecule has 0 spiro atoms. The van der Waals surface area contributed by atoms with Gasteiger partial charge in [0.1, 0.15) is 0 Å². The van der Waals surface area contributed by atoms with E-state index < -0.39 is 0 Å². The fourth-order valence-electron chi connectivity index (χ4n) is 3.74. The molecule has 3 atom stereocenters. The third-order valence-corrected chi connectivity index (χ3v) is 5.36. The molecular weight excluding hydrogens is 242 g/mol. The Labute approximate surface area is 125 Å². The summed E-state index contributed by atoms with van der Waals surface area (Å²) >= 11 is 0. The van der Waals surface area contributed by atoms with Crippen molar-refractivity contribution in [2.75, 3.05) is 6.54 Å². The second-order valence-electron chi connectivity index (χ2n) is 6.95. The number of hydrogen-bond donors (Lipinski definition) is 1. The molecule has 1 heteroatoms. The lowest BCUT2D eigenvalue weighted by atomic mass is 9.69. The average Bonchev–Trinajstić information content (AvgIpc) is 2.48. The standard InChI is InChI=1S/C19H31N/c1-4-15-5-7-16(8-6-15)11-19-12-17(14(2)3)9-10-18(19)13-20/h5-8,14,17-19H,4,9-13,20H2,1-3H3. The van der Waals surface area contributed by atoms with E-state index in [2.05, 4.69) is 45.0 Å². The summed E-state index contributed by atoms with van der Waals surface area (Å²) in [5.74, 6) is 3.24.